The second-order valence-electron chi connectivity index (χ2n) is 4.21. The van der Waals surface area contributed by atoms with Gasteiger partial charge in [0, 0.05) is 16.2 Å². The third kappa shape index (κ3) is 4.46. The van der Waals surface area contributed by atoms with E-state index in [0.29, 0.717) is 28.6 Å². The second kappa shape index (κ2) is 7.08. The van der Waals surface area contributed by atoms with E-state index in [0.717, 1.165) is 6.07 Å². The van der Waals surface area contributed by atoms with E-state index in [1.54, 1.807) is 24.3 Å². The molecule has 0 spiro atoms. The van der Waals surface area contributed by atoms with Crippen molar-refractivity contribution in [3.8, 4) is 5.75 Å². The SMILES string of the molecule is N=C(N)c1ccc(OCCSc2ccc(F)c(F)c2)cc1. The molecule has 0 aromatic heterocycles. The second-order valence-corrected chi connectivity index (χ2v) is 5.38. The molecule has 0 bridgehead atoms. The Morgan fingerprint density at radius 1 is 1.10 bits per heavy atom. The van der Waals surface area contributed by atoms with Crippen molar-refractivity contribution in [3.63, 3.8) is 0 Å². The van der Waals surface area contributed by atoms with Gasteiger partial charge < -0.3 is 10.5 Å². The standard InChI is InChI=1S/C15H14F2N2OS/c16-13-6-5-12(9-14(13)17)21-8-7-20-11-3-1-10(2-4-11)15(18)19/h1-6,9H,7-8H2,(H3,18,19). The average molecular weight is 308 g/mol. The number of nitrogen functional groups attached to an aromatic ring is 1. The Morgan fingerprint density at radius 2 is 1.81 bits per heavy atom. The van der Waals surface area contributed by atoms with Gasteiger partial charge in [-0.15, -0.1) is 11.8 Å². The van der Waals surface area contributed by atoms with E-state index in [9.17, 15) is 8.78 Å². The Kier molecular flexibility index (Phi) is 5.16. The number of thioether (sulfide) groups is 1. The predicted octanol–water partition coefficient (Wildman–Crippen LogP) is 3.42. The third-order valence-corrected chi connectivity index (χ3v) is 3.64. The summed E-state index contributed by atoms with van der Waals surface area (Å²) in [5.74, 6) is -0.400. The van der Waals surface area contributed by atoms with Crippen molar-refractivity contribution < 1.29 is 13.5 Å². The van der Waals surface area contributed by atoms with Gasteiger partial charge in [-0.25, -0.2) is 8.78 Å². The maximum Gasteiger partial charge on any atom is 0.159 e. The van der Waals surface area contributed by atoms with E-state index in [4.69, 9.17) is 15.9 Å². The molecule has 0 amide bonds. The number of halogens is 2. The van der Waals surface area contributed by atoms with Gasteiger partial charge in [0.1, 0.15) is 11.6 Å². The molecule has 0 aliphatic heterocycles. The molecule has 3 N–H and O–H groups in total. The van der Waals surface area contributed by atoms with Gasteiger partial charge in [0.15, 0.2) is 11.6 Å². The molecule has 6 heteroatoms. The zero-order valence-corrected chi connectivity index (χ0v) is 11.9. The first kappa shape index (κ1) is 15.3. The molecule has 2 aromatic rings. The number of hydrogen-bond donors (Lipinski definition) is 2. The maximum absolute atomic E-state index is 13.0. The topological polar surface area (TPSA) is 59.1 Å². The number of hydrogen-bond acceptors (Lipinski definition) is 3. The molecule has 0 atom stereocenters. The van der Waals surface area contributed by atoms with E-state index >= 15 is 0 Å². The zero-order chi connectivity index (χ0) is 15.2. The number of nitrogens with two attached hydrogens (primary N) is 1. The van der Waals surface area contributed by atoms with Crippen molar-refractivity contribution >= 4 is 17.6 Å². The van der Waals surface area contributed by atoms with Crippen molar-refractivity contribution in [3.05, 3.63) is 59.7 Å². The molecule has 0 unspecified atom stereocenters. The monoisotopic (exact) mass is 308 g/mol. The molecular formula is C15H14F2N2OS. The minimum absolute atomic E-state index is 0.00967. The van der Waals surface area contributed by atoms with Crippen LogP contribution in [0.2, 0.25) is 0 Å². The quantitative estimate of drug-likeness (QED) is 0.372. The van der Waals surface area contributed by atoms with Crippen LogP contribution >= 0.6 is 11.8 Å². The first-order valence-electron chi connectivity index (χ1n) is 6.21. The van der Waals surface area contributed by atoms with Crippen molar-refractivity contribution in [2.24, 2.45) is 5.73 Å². The van der Waals surface area contributed by atoms with Crippen LogP contribution in [0.1, 0.15) is 5.56 Å². The lowest BCUT2D eigenvalue weighted by Gasteiger charge is -2.07. The van der Waals surface area contributed by atoms with Gasteiger partial charge >= 0.3 is 0 Å². The van der Waals surface area contributed by atoms with Crippen LogP contribution in [0.5, 0.6) is 5.75 Å². The molecule has 2 rings (SSSR count). The Balaban J connectivity index is 1.79. The predicted molar refractivity (Wildman–Crippen MR) is 80.0 cm³/mol. The van der Waals surface area contributed by atoms with Crippen LogP contribution in [-0.2, 0) is 0 Å². The molecule has 0 aliphatic carbocycles. The van der Waals surface area contributed by atoms with Crippen LogP contribution in [0.25, 0.3) is 0 Å². The summed E-state index contributed by atoms with van der Waals surface area (Å²) in [6, 6.07) is 10.7. The smallest absolute Gasteiger partial charge is 0.159 e. The molecule has 0 saturated heterocycles. The van der Waals surface area contributed by atoms with E-state index < -0.39 is 11.6 Å². The van der Waals surface area contributed by atoms with Crippen LogP contribution in [0.15, 0.2) is 47.4 Å². The molecule has 21 heavy (non-hydrogen) atoms. The fourth-order valence-corrected chi connectivity index (χ4v) is 2.37. The molecule has 0 saturated carbocycles. The van der Waals surface area contributed by atoms with E-state index in [2.05, 4.69) is 0 Å². The molecule has 2 aromatic carbocycles. The minimum Gasteiger partial charge on any atom is -0.493 e. The summed E-state index contributed by atoms with van der Waals surface area (Å²) >= 11 is 1.38. The Labute approximate surface area is 125 Å². The zero-order valence-electron chi connectivity index (χ0n) is 11.1. The number of rotatable bonds is 6. The highest BCUT2D eigenvalue weighted by Crippen LogP contribution is 2.20. The fourth-order valence-electron chi connectivity index (χ4n) is 1.62. The highest BCUT2D eigenvalue weighted by molar-refractivity contribution is 7.99. The van der Waals surface area contributed by atoms with Crippen molar-refractivity contribution in [1.82, 2.24) is 0 Å². The van der Waals surface area contributed by atoms with Crippen LogP contribution < -0.4 is 10.5 Å². The summed E-state index contributed by atoms with van der Waals surface area (Å²) in [4.78, 5) is 0.657. The molecule has 0 radical (unpaired) electrons. The Hall–Kier alpha value is -2.08. The van der Waals surface area contributed by atoms with Gasteiger partial charge in [-0.2, -0.15) is 0 Å². The van der Waals surface area contributed by atoms with Crippen LogP contribution in [-0.4, -0.2) is 18.2 Å². The maximum atomic E-state index is 13.0. The third-order valence-electron chi connectivity index (χ3n) is 2.68. The average Bonchev–Trinajstić information content (AvgIpc) is 2.47. The summed E-state index contributed by atoms with van der Waals surface area (Å²) in [7, 11) is 0. The summed E-state index contributed by atoms with van der Waals surface area (Å²) in [5.41, 5.74) is 5.99. The lowest BCUT2D eigenvalue weighted by atomic mass is 10.2. The van der Waals surface area contributed by atoms with Gasteiger partial charge in [0.25, 0.3) is 0 Å². The lowest BCUT2D eigenvalue weighted by molar-refractivity contribution is 0.344. The van der Waals surface area contributed by atoms with Crippen molar-refractivity contribution in [2.45, 2.75) is 4.90 Å². The summed E-state index contributed by atoms with van der Waals surface area (Å²) < 4.78 is 31.3. The lowest BCUT2D eigenvalue weighted by Crippen LogP contribution is -2.10. The summed E-state index contributed by atoms with van der Waals surface area (Å²) in [6.45, 7) is 0.434. The largest absolute Gasteiger partial charge is 0.493 e. The van der Waals surface area contributed by atoms with Gasteiger partial charge in [-0.05, 0) is 42.5 Å². The van der Waals surface area contributed by atoms with Crippen LogP contribution in [0.4, 0.5) is 8.78 Å². The van der Waals surface area contributed by atoms with Crippen molar-refractivity contribution in [1.29, 1.82) is 5.41 Å². The number of benzene rings is 2. The van der Waals surface area contributed by atoms with Gasteiger partial charge in [-0.1, -0.05) is 0 Å². The summed E-state index contributed by atoms with van der Waals surface area (Å²) in [6.07, 6.45) is 0. The molecule has 0 aliphatic rings. The van der Waals surface area contributed by atoms with E-state index in [1.807, 2.05) is 0 Å². The van der Waals surface area contributed by atoms with Crippen LogP contribution in [0, 0.1) is 17.0 Å². The van der Waals surface area contributed by atoms with Gasteiger partial charge in [0.05, 0.1) is 6.61 Å². The van der Waals surface area contributed by atoms with Crippen LogP contribution in [0.3, 0.4) is 0 Å². The van der Waals surface area contributed by atoms with E-state index in [1.165, 1.54) is 23.9 Å². The molecule has 110 valence electrons. The Bertz CT molecular complexity index is 632. The number of amidine groups is 1. The summed E-state index contributed by atoms with van der Waals surface area (Å²) in [5, 5.41) is 7.28. The normalized spacial score (nSPS) is 10.4. The van der Waals surface area contributed by atoms with E-state index in [-0.39, 0.29) is 5.84 Å². The molecular weight excluding hydrogens is 294 g/mol. The van der Waals surface area contributed by atoms with Gasteiger partial charge in [0.2, 0.25) is 0 Å². The highest BCUT2D eigenvalue weighted by atomic mass is 32.2. The van der Waals surface area contributed by atoms with Crippen molar-refractivity contribution in [2.75, 3.05) is 12.4 Å². The fraction of sp³-hybridized carbons (Fsp3) is 0.133. The number of nitrogens with one attached hydrogen (secondary N) is 1. The van der Waals surface area contributed by atoms with Gasteiger partial charge in [-0.3, -0.25) is 5.41 Å². The molecule has 3 nitrogen and oxygen atoms in total. The molecule has 0 fully saturated rings. The number of ether oxygens (including phenoxy) is 1. The molecule has 0 heterocycles. The first-order chi connectivity index (χ1) is 10.1. The first-order valence-corrected chi connectivity index (χ1v) is 7.20. The highest BCUT2D eigenvalue weighted by Gasteiger charge is 2.03. The minimum atomic E-state index is -0.847. The Morgan fingerprint density at radius 3 is 2.43 bits per heavy atom.